The molecule has 0 fully saturated rings. The number of nitrogens with zero attached hydrogens (tertiary/aromatic N) is 2. The Morgan fingerprint density at radius 1 is 1.32 bits per heavy atom. The van der Waals surface area contributed by atoms with E-state index in [1.54, 1.807) is 0 Å². The van der Waals surface area contributed by atoms with E-state index in [2.05, 4.69) is 23.8 Å². The number of nitrogens with two attached hydrogens (primary N) is 1. The van der Waals surface area contributed by atoms with Crippen molar-refractivity contribution < 1.29 is 9.47 Å². The van der Waals surface area contributed by atoms with Crippen LogP contribution < -0.4 is 15.2 Å². The van der Waals surface area contributed by atoms with Crippen molar-refractivity contribution in [3.8, 4) is 17.4 Å². The van der Waals surface area contributed by atoms with Gasteiger partial charge in [-0.2, -0.15) is 4.98 Å². The molecule has 3 rings (SSSR count). The molecule has 19 heavy (non-hydrogen) atoms. The molecule has 1 aliphatic rings. The largest absolute Gasteiger partial charge is 0.483 e. The molecule has 5 heteroatoms. The Labute approximate surface area is 111 Å². The highest BCUT2D eigenvalue weighted by Gasteiger charge is 2.32. The molecule has 0 amide bonds. The first kappa shape index (κ1) is 11.8. The monoisotopic (exact) mass is 257 g/mol. The topological polar surface area (TPSA) is 70.3 Å². The molecule has 0 bridgehead atoms. The summed E-state index contributed by atoms with van der Waals surface area (Å²) >= 11 is 0. The highest BCUT2D eigenvalue weighted by molar-refractivity contribution is 5.51. The van der Waals surface area contributed by atoms with Gasteiger partial charge in [0.1, 0.15) is 11.4 Å². The molecule has 2 aromatic rings. The van der Waals surface area contributed by atoms with E-state index in [0.717, 1.165) is 17.7 Å². The number of hydrogen-bond donors (Lipinski definition) is 1. The van der Waals surface area contributed by atoms with Crippen molar-refractivity contribution >= 4 is 5.82 Å². The summed E-state index contributed by atoms with van der Waals surface area (Å²) in [6, 6.07) is 5.84. The summed E-state index contributed by atoms with van der Waals surface area (Å²) in [6.45, 7) is 4.11. The summed E-state index contributed by atoms with van der Waals surface area (Å²) in [5.41, 5.74) is 6.52. The predicted octanol–water partition coefficient (Wildman–Crippen LogP) is 2.56. The van der Waals surface area contributed by atoms with Gasteiger partial charge in [-0.1, -0.05) is 12.1 Å². The van der Waals surface area contributed by atoms with E-state index in [9.17, 15) is 0 Å². The minimum atomic E-state index is -0.205. The van der Waals surface area contributed by atoms with E-state index in [0.29, 0.717) is 17.4 Å². The summed E-state index contributed by atoms with van der Waals surface area (Å²) in [7, 11) is 0. The van der Waals surface area contributed by atoms with Crippen LogP contribution in [0.5, 0.6) is 17.4 Å². The summed E-state index contributed by atoms with van der Waals surface area (Å²) < 4.78 is 11.6. The Morgan fingerprint density at radius 3 is 2.95 bits per heavy atom. The SMILES string of the molecule is CC1(C)Cc2cccc(Oc3cncc(N)n3)c2O1. The third-order valence-corrected chi connectivity index (χ3v) is 2.90. The van der Waals surface area contributed by atoms with Crippen LogP contribution in [0.15, 0.2) is 30.6 Å². The molecule has 0 spiro atoms. The number of fused-ring (bicyclic) bond motifs is 1. The molecule has 2 heterocycles. The first-order chi connectivity index (χ1) is 9.03. The van der Waals surface area contributed by atoms with Gasteiger partial charge >= 0.3 is 0 Å². The number of para-hydroxylation sites is 1. The van der Waals surface area contributed by atoms with E-state index in [1.807, 2.05) is 18.2 Å². The van der Waals surface area contributed by atoms with Crippen molar-refractivity contribution in [2.24, 2.45) is 0 Å². The van der Waals surface area contributed by atoms with Crippen LogP contribution in [0.3, 0.4) is 0 Å². The van der Waals surface area contributed by atoms with Gasteiger partial charge in [0, 0.05) is 12.0 Å². The maximum absolute atomic E-state index is 5.92. The van der Waals surface area contributed by atoms with Gasteiger partial charge < -0.3 is 15.2 Å². The first-order valence-electron chi connectivity index (χ1n) is 6.10. The van der Waals surface area contributed by atoms with Crippen LogP contribution in [0, 0.1) is 0 Å². The average molecular weight is 257 g/mol. The number of rotatable bonds is 2. The van der Waals surface area contributed by atoms with Crippen molar-refractivity contribution in [3.63, 3.8) is 0 Å². The lowest BCUT2D eigenvalue weighted by molar-refractivity contribution is 0.135. The zero-order chi connectivity index (χ0) is 13.5. The van der Waals surface area contributed by atoms with Gasteiger partial charge in [0.05, 0.1) is 12.4 Å². The third-order valence-electron chi connectivity index (χ3n) is 2.90. The molecule has 0 saturated carbocycles. The minimum absolute atomic E-state index is 0.205. The van der Waals surface area contributed by atoms with Gasteiger partial charge in [-0.15, -0.1) is 0 Å². The molecule has 0 saturated heterocycles. The Bertz CT molecular complexity index is 626. The van der Waals surface area contributed by atoms with E-state index in [4.69, 9.17) is 15.2 Å². The fourth-order valence-electron chi connectivity index (χ4n) is 2.19. The van der Waals surface area contributed by atoms with Crippen molar-refractivity contribution in [1.29, 1.82) is 0 Å². The molecular formula is C14H15N3O2. The van der Waals surface area contributed by atoms with Gasteiger partial charge in [0.2, 0.25) is 5.88 Å². The number of benzene rings is 1. The third kappa shape index (κ3) is 2.31. The van der Waals surface area contributed by atoms with Crippen molar-refractivity contribution in [1.82, 2.24) is 9.97 Å². The smallest absolute Gasteiger partial charge is 0.239 e. The lowest BCUT2D eigenvalue weighted by Gasteiger charge is -2.18. The number of ether oxygens (including phenoxy) is 2. The lowest BCUT2D eigenvalue weighted by Crippen LogP contribution is -2.24. The van der Waals surface area contributed by atoms with Crippen LogP contribution in [0.25, 0.3) is 0 Å². The Hall–Kier alpha value is -2.30. The summed E-state index contributed by atoms with van der Waals surface area (Å²) in [5.74, 6) is 2.10. The van der Waals surface area contributed by atoms with Crippen LogP contribution in [-0.2, 0) is 6.42 Å². The van der Waals surface area contributed by atoms with Crippen LogP contribution in [-0.4, -0.2) is 15.6 Å². The maximum Gasteiger partial charge on any atom is 0.239 e. The van der Waals surface area contributed by atoms with E-state index < -0.39 is 0 Å². The zero-order valence-corrected chi connectivity index (χ0v) is 10.9. The molecule has 2 N–H and O–H groups in total. The molecule has 0 unspecified atom stereocenters. The molecule has 5 nitrogen and oxygen atoms in total. The highest BCUT2D eigenvalue weighted by atomic mass is 16.5. The Morgan fingerprint density at radius 2 is 2.16 bits per heavy atom. The summed E-state index contributed by atoms with van der Waals surface area (Å²) in [5, 5.41) is 0. The average Bonchev–Trinajstić information content (AvgIpc) is 2.64. The van der Waals surface area contributed by atoms with Crippen molar-refractivity contribution in [2.75, 3.05) is 5.73 Å². The summed E-state index contributed by atoms with van der Waals surface area (Å²) in [6.07, 6.45) is 3.86. The van der Waals surface area contributed by atoms with Crippen molar-refractivity contribution in [3.05, 3.63) is 36.2 Å². The van der Waals surface area contributed by atoms with Crippen LogP contribution in [0.2, 0.25) is 0 Å². The minimum Gasteiger partial charge on any atom is -0.483 e. The summed E-state index contributed by atoms with van der Waals surface area (Å²) in [4.78, 5) is 8.02. The normalized spacial score (nSPS) is 15.7. The number of nitrogen functional groups attached to an aromatic ring is 1. The molecule has 98 valence electrons. The zero-order valence-electron chi connectivity index (χ0n) is 10.9. The van der Waals surface area contributed by atoms with Crippen LogP contribution in [0.1, 0.15) is 19.4 Å². The second-order valence-electron chi connectivity index (χ2n) is 5.17. The van der Waals surface area contributed by atoms with Crippen LogP contribution >= 0.6 is 0 Å². The molecular weight excluding hydrogens is 242 g/mol. The quantitative estimate of drug-likeness (QED) is 0.895. The predicted molar refractivity (Wildman–Crippen MR) is 71.4 cm³/mol. The second-order valence-corrected chi connectivity index (χ2v) is 5.17. The first-order valence-corrected chi connectivity index (χ1v) is 6.10. The van der Waals surface area contributed by atoms with Crippen molar-refractivity contribution in [2.45, 2.75) is 25.9 Å². The lowest BCUT2D eigenvalue weighted by atomic mass is 10.0. The van der Waals surface area contributed by atoms with Gasteiger partial charge in [0.25, 0.3) is 0 Å². The molecule has 0 atom stereocenters. The highest BCUT2D eigenvalue weighted by Crippen LogP contribution is 2.42. The molecule has 1 aliphatic heterocycles. The number of hydrogen-bond acceptors (Lipinski definition) is 5. The second kappa shape index (κ2) is 4.12. The Kier molecular flexibility index (Phi) is 2.55. The van der Waals surface area contributed by atoms with E-state index in [-0.39, 0.29) is 5.60 Å². The molecule has 0 aliphatic carbocycles. The van der Waals surface area contributed by atoms with E-state index in [1.165, 1.54) is 12.4 Å². The van der Waals surface area contributed by atoms with Crippen LogP contribution in [0.4, 0.5) is 5.82 Å². The van der Waals surface area contributed by atoms with Gasteiger partial charge in [-0.25, -0.2) is 0 Å². The fraction of sp³-hybridized carbons (Fsp3) is 0.286. The number of anilines is 1. The standard InChI is InChI=1S/C14H15N3O2/c1-14(2)6-9-4-3-5-10(13(9)19-14)18-12-8-16-7-11(15)17-12/h3-5,7-8H,6H2,1-2H3,(H2,15,17). The molecule has 0 radical (unpaired) electrons. The van der Waals surface area contributed by atoms with Gasteiger partial charge in [-0.05, 0) is 19.9 Å². The fourth-order valence-corrected chi connectivity index (χ4v) is 2.19. The van der Waals surface area contributed by atoms with Gasteiger partial charge in [0.15, 0.2) is 11.5 Å². The Balaban J connectivity index is 1.94. The van der Waals surface area contributed by atoms with E-state index >= 15 is 0 Å². The van der Waals surface area contributed by atoms with Gasteiger partial charge in [-0.3, -0.25) is 4.98 Å². The molecule has 1 aromatic carbocycles. The molecule has 1 aromatic heterocycles. The number of aromatic nitrogens is 2. The maximum atomic E-state index is 5.92.